The second kappa shape index (κ2) is 5.31. The molecule has 0 aliphatic rings. The number of hydrogen-bond acceptors (Lipinski definition) is 5. The van der Waals surface area contributed by atoms with Gasteiger partial charge in [0.25, 0.3) is 0 Å². The van der Waals surface area contributed by atoms with Gasteiger partial charge in [-0.05, 0) is 12.1 Å². The van der Waals surface area contributed by atoms with Crippen LogP contribution in [0.3, 0.4) is 0 Å². The number of aromatic nitrogens is 3. The maximum Gasteiger partial charge on any atom is 0.325 e. The van der Waals surface area contributed by atoms with E-state index in [1.54, 1.807) is 24.3 Å². The number of methoxy groups -OCH3 is 1. The van der Waals surface area contributed by atoms with Crippen LogP contribution < -0.4 is 4.90 Å². The molecule has 6 nitrogen and oxygen atoms in total. The van der Waals surface area contributed by atoms with E-state index in [1.807, 2.05) is 18.3 Å². The fourth-order valence-electron chi connectivity index (χ4n) is 1.50. The number of hydrogen-bond donors (Lipinski definition) is 1. The van der Waals surface area contributed by atoms with Crippen molar-refractivity contribution in [3.8, 4) is 11.3 Å². The minimum atomic E-state index is -0.324. The molecule has 0 atom stereocenters. The minimum Gasteiger partial charge on any atom is -0.468 e. The summed E-state index contributed by atoms with van der Waals surface area (Å²) in [6, 6.07) is 3.85. The molecule has 2 aromatic rings. The normalized spacial score (nSPS) is 10.1. The number of aromatic amines is 1. The number of ether oxygens (including phenoxy) is 1. The summed E-state index contributed by atoms with van der Waals surface area (Å²) >= 11 is 0. The van der Waals surface area contributed by atoms with Crippen molar-refractivity contribution >= 4 is 11.9 Å². The maximum atomic E-state index is 11.1. The highest BCUT2D eigenvalue weighted by Gasteiger charge is 2.10. The van der Waals surface area contributed by atoms with E-state index in [0.29, 0.717) is 5.95 Å². The topological polar surface area (TPSA) is 71.1 Å². The van der Waals surface area contributed by atoms with E-state index >= 15 is 0 Å². The SMILES string of the molecule is COC(=O)CN(C)c1ncc(-c2ccc[nH]2)cn1. The lowest BCUT2D eigenvalue weighted by Gasteiger charge is -2.14. The molecule has 0 unspecified atom stereocenters. The Balaban J connectivity index is 2.10. The first kappa shape index (κ1) is 12.1. The van der Waals surface area contributed by atoms with Crippen molar-refractivity contribution in [1.29, 1.82) is 0 Å². The molecule has 2 heterocycles. The molecule has 0 aliphatic carbocycles. The minimum absolute atomic E-state index is 0.123. The van der Waals surface area contributed by atoms with Crippen LogP contribution in [0.4, 0.5) is 5.95 Å². The van der Waals surface area contributed by atoms with Gasteiger partial charge in [-0.15, -0.1) is 0 Å². The van der Waals surface area contributed by atoms with E-state index in [-0.39, 0.29) is 12.5 Å². The van der Waals surface area contributed by atoms with Crippen molar-refractivity contribution in [3.05, 3.63) is 30.7 Å². The first-order valence-electron chi connectivity index (χ1n) is 5.44. The molecule has 0 saturated heterocycles. The molecule has 1 N–H and O–H groups in total. The highest BCUT2D eigenvalue weighted by molar-refractivity contribution is 5.74. The Kier molecular flexibility index (Phi) is 3.57. The van der Waals surface area contributed by atoms with Crippen molar-refractivity contribution in [3.63, 3.8) is 0 Å². The summed E-state index contributed by atoms with van der Waals surface area (Å²) in [5.41, 5.74) is 1.85. The van der Waals surface area contributed by atoms with Crippen LogP contribution >= 0.6 is 0 Å². The third kappa shape index (κ3) is 2.65. The Hall–Kier alpha value is -2.37. The van der Waals surface area contributed by atoms with Gasteiger partial charge in [-0.3, -0.25) is 4.79 Å². The van der Waals surface area contributed by atoms with Crippen LogP contribution in [0.1, 0.15) is 0 Å². The van der Waals surface area contributed by atoms with E-state index in [0.717, 1.165) is 11.3 Å². The number of carbonyl (C=O) groups excluding carboxylic acids is 1. The predicted molar refractivity (Wildman–Crippen MR) is 67.1 cm³/mol. The van der Waals surface area contributed by atoms with Crippen LogP contribution in [0.25, 0.3) is 11.3 Å². The molecule has 0 fully saturated rings. The summed E-state index contributed by atoms with van der Waals surface area (Å²) in [7, 11) is 3.09. The molecule has 6 heteroatoms. The fourth-order valence-corrected chi connectivity index (χ4v) is 1.50. The molecule has 0 amide bonds. The molecule has 0 saturated carbocycles. The fraction of sp³-hybridized carbons (Fsp3) is 0.250. The highest BCUT2D eigenvalue weighted by Crippen LogP contribution is 2.16. The second-order valence-corrected chi connectivity index (χ2v) is 3.79. The Morgan fingerprint density at radius 2 is 2.17 bits per heavy atom. The zero-order valence-corrected chi connectivity index (χ0v) is 10.3. The van der Waals surface area contributed by atoms with Gasteiger partial charge in [-0.25, -0.2) is 9.97 Å². The lowest BCUT2D eigenvalue weighted by atomic mass is 10.2. The van der Waals surface area contributed by atoms with Crippen LogP contribution in [-0.2, 0) is 9.53 Å². The molecule has 0 aromatic carbocycles. The quantitative estimate of drug-likeness (QED) is 0.817. The van der Waals surface area contributed by atoms with Gasteiger partial charge in [0.15, 0.2) is 0 Å². The molecule has 2 aromatic heterocycles. The van der Waals surface area contributed by atoms with Crippen LogP contribution in [0.5, 0.6) is 0 Å². The Morgan fingerprint density at radius 1 is 1.44 bits per heavy atom. The summed E-state index contributed by atoms with van der Waals surface area (Å²) in [5, 5.41) is 0. The van der Waals surface area contributed by atoms with Gasteiger partial charge >= 0.3 is 5.97 Å². The number of anilines is 1. The molecule has 0 aliphatic heterocycles. The van der Waals surface area contributed by atoms with Gasteiger partial charge in [-0.1, -0.05) is 0 Å². The number of nitrogens with zero attached hydrogens (tertiary/aromatic N) is 3. The predicted octanol–water partition coefficient (Wildman–Crippen LogP) is 1.08. The average Bonchev–Trinajstić information content (AvgIpc) is 2.92. The smallest absolute Gasteiger partial charge is 0.325 e. The van der Waals surface area contributed by atoms with Gasteiger partial charge in [-0.2, -0.15) is 0 Å². The van der Waals surface area contributed by atoms with E-state index in [9.17, 15) is 4.79 Å². The first-order chi connectivity index (χ1) is 8.70. The van der Waals surface area contributed by atoms with Crippen molar-refractivity contribution < 1.29 is 9.53 Å². The van der Waals surface area contributed by atoms with Crippen molar-refractivity contribution in [2.75, 3.05) is 25.6 Å². The van der Waals surface area contributed by atoms with Gasteiger partial charge in [0, 0.05) is 36.9 Å². The third-order valence-corrected chi connectivity index (χ3v) is 2.48. The maximum absolute atomic E-state index is 11.1. The van der Waals surface area contributed by atoms with E-state index < -0.39 is 0 Å². The standard InChI is InChI=1S/C12H14N4O2/c1-16(8-11(17)18-2)12-14-6-9(7-15-12)10-4-3-5-13-10/h3-7,13H,8H2,1-2H3. The highest BCUT2D eigenvalue weighted by atomic mass is 16.5. The molecule has 94 valence electrons. The first-order valence-corrected chi connectivity index (χ1v) is 5.44. The summed E-state index contributed by atoms with van der Waals surface area (Å²) < 4.78 is 4.58. The van der Waals surface area contributed by atoms with Gasteiger partial charge < -0.3 is 14.6 Å². The Labute approximate surface area is 105 Å². The van der Waals surface area contributed by atoms with Gasteiger partial charge in [0.2, 0.25) is 5.95 Å². The Morgan fingerprint density at radius 3 is 2.72 bits per heavy atom. The van der Waals surface area contributed by atoms with E-state index in [4.69, 9.17) is 0 Å². The lowest BCUT2D eigenvalue weighted by molar-refractivity contribution is -0.138. The van der Waals surface area contributed by atoms with Crippen LogP contribution in [0, 0.1) is 0 Å². The summed E-state index contributed by atoms with van der Waals surface area (Å²) in [5.74, 6) is 0.158. The number of likely N-dealkylation sites (N-methyl/N-ethyl adjacent to an activating group) is 1. The van der Waals surface area contributed by atoms with Crippen LogP contribution in [0.2, 0.25) is 0 Å². The third-order valence-electron chi connectivity index (χ3n) is 2.48. The molecule has 0 spiro atoms. The van der Waals surface area contributed by atoms with E-state index in [2.05, 4.69) is 19.7 Å². The number of esters is 1. The van der Waals surface area contributed by atoms with Crippen LogP contribution in [-0.4, -0.2) is 41.6 Å². The van der Waals surface area contributed by atoms with Gasteiger partial charge in [0.1, 0.15) is 6.54 Å². The number of carbonyl (C=O) groups is 1. The molecule has 2 rings (SSSR count). The zero-order valence-electron chi connectivity index (χ0n) is 10.3. The average molecular weight is 246 g/mol. The number of nitrogens with one attached hydrogen (secondary N) is 1. The molecule has 0 radical (unpaired) electrons. The lowest BCUT2D eigenvalue weighted by Crippen LogP contribution is -2.27. The second-order valence-electron chi connectivity index (χ2n) is 3.79. The number of rotatable bonds is 4. The zero-order chi connectivity index (χ0) is 13.0. The number of H-pyrrole nitrogens is 1. The van der Waals surface area contributed by atoms with Gasteiger partial charge in [0.05, 0.1) is 7.11 Å². The molecule has 0 bridgehead atoms. The summed E-state index contributed by atoms with van der Waals surface area (Å²) in [6.07, 6.45) is 5.26. The molecular weight excluding hydrogens is 232 g/mol. The Bertz CT molecular complexity index is 507. The molecule has 18 heavy (non-hydrogen) atoms. The van der Waals surface area contributed by atoms with Crippen molar-refractivity contribution in [1.82, 2.24) is 15.0 Å². The van der Waals surface area contributed by atoms with Crippen molar-refractivity contribution in [2.45, 2.75) is 0 Å². The van der Waals surface area contributed by atoms with Crippen molar-refractivity contribution in [2.24, 2.45) is 0 Å². The van der Waals surface area contributed by atoms with E-state index in [1.165, 1.54) is 7.11 Å². The summed E-state index contributed by atoms with van der Waals surface area (Å²) in [4.78, 5) is 24.2. The monoisotopic (exact) mass is 246 g/mol. The summed E-state index contributed by atoms with van der Waals surface area (Å²) in [6.45, 7) is 0.123. The molecular formula is C12H14N4O2. The van der Waals surface area contributed by atoms with Crippen LogP contribution in [0.15, 0.2) is 30.7 Å². The largest absolute Gasteiger partial charge is 0.468 e.